The first kappa shape index (κ1) is 23.8. The van der Waals surface area contributed by atoms with E-state index in [1.165, 1.54) is 37.5 Å². The number of aryl methyl sites for hydroxylation is 1. The maximum absolute atomic E-state index is 12.8. The number of nitrogens with one attached hydrogen (secondary N) is 1. The molecule has 0 spiro atoms. The lowest BCUT2D eigenvalue weighted by Gasteiger charge is -2.13. The van der Waals surface area contributed by atoms with Crippen molar-refractivity contribution in [3.8, 4) is 17.1 Å². The fraction of sp³-hybridized carbons (Fsp3) is 0.125. The van der Waals surface area contributed by atoms with Crippen molar-refractivity contribution >= 4 is 46.3 Å². The molecule has 178 valence electrons. The number of carbonyl (C=O) groups is 3. The quantitative estimate of drug-likeness (QED) is 0.281. The molecule has 1 aromatic heterocycles. The molecule has 3 aromatic rings. The molecule has 0 aliphatic carbocycles. The van der Waals surface area contributed by atoms with Gasteiger partial charge >= 0.3 is 0 Å². The van der Waals surface area contributed by atoms with Gasteiger partial charge in [0.05, 0.1) is 28.6 Å². The van der Waals surface area contributed by atoms with E-state index in [0.717, 1.165) is 10.5 Å². The largest absolute Gasteiger partial charge is 0.497 e. The Hall–Kier alpha value is -4.38. The van der Waals surface area contributed by atoms with E-state index in [1.807, 2.05) is 19.1 Å². The van der Waals surface area contributed by atoms with Gasteiger partial charge in [0.25, 0.3) is 16.8 Å². The number of benzene rings is 2. The number of ether oxygens (including phenoxy) is 1. The van der Waals surface area contributed by atoms with E-state index in [0.29, 0.717) is 23.2 Å². The molecular formula is C24H19N3O7S. The van der Waals surface area contributed by atoms with Crippen LogP contribution >= 0.6 is 11.8 Å². The Morgan fingerprint density at radius 1 is 1.20 bits per heavy atom. The molecule has 0 bridgehead atoms. The molecular weight excluding hydrogens is 474 g/mol. The van der Waals surface area contributed by atoms with Crippen molar-refractivity contribution < 1.29 is 28.5 Å². The number of rotatable bonds is 7. The summed E-state index contributed by atoms with van der Waals surface area (Å²) in [5.74, 6) is -0.377. The maximum Gasteiger partial charge on any atom is 0.294 e. The third-order valence-electron chi connectivity index (χ3n) is 5.16. The summed E-state index contributed by atoms with van der Waals surface area (Å²) in [4.78, 5) is 49.4. The molecule has 0 unspecified atom stereocenters. The van der Waals surface area contributed by atoms with Crippen LogP contribution in [0.2, 0.25) is 0 Å². The summed E-state index contributed by atoms with van der Waals surface area (Å²) >= 11 is 0.680. The number of anilines is 1. The molecule has 1 aliphatic heterocycles. The van der Waals surface area contributed by atoms with Gasteiger partial charge in [-0.1, -0.05) is 18.2 Å². The monoisotopic (exact) mass is 493 g/mol. The van der Waals surface area contributed by atoms with Gasteiger partial charge in [-0.05, 0) is 54.6 Å². The molecule has 1 aliphatic rings. The maximum atomic E-state index is 12.8. The second-order valence-corrected chi connectivity index (χ2v) is 8.47. The molecule has 2 heterocycles. The normalized spacial score (nSPS) is 14.5. The molecule has 0 radical (unpaired) electrons. The molecule has 1 saturated heterocycles. The van der Waals surface area contributed by atoms with Crippen LogP contribution in [-0.2, 0) is 9.59 Å². The molecule has 11 heteroatoms. The van der Waals surface area contributed by atoms with E-state index in [4.69, 9.17) is 9.15 Å². The Morgan fingerprint density at radius 3 is 2.69 bits per heavy atom. The Balaban J connectivity index is 1.50. The van der Waals surface area contributed by atoms with E-state index in [-0.39, 0.29) is 27.7 Å². The van der Waals surface area contributed by atoms with Crippen LogP contribution < -0.4 is 10.1 Å². The van der Waals surface area contributed by atoms with Gasteiger partial charge in [-0.25, -0.2) is 0 Å². The van der Waals surface area contributed by atoms with Gasteiger partial charge in [-0.2, -0.15) is 0 Å². The number of hydrogen-bond donors (Lipinski definition) is 1. The molecule has 1 N–H and O–H groups in total. The molecule has 0 atom stereocenters. The summed E-state index contributed by atoms with van der Waals surface area (Å²) in [6, 6.07) is 14.6. The number of thioether (sulfide) groups is 1. The third-order valence-corrected chi connectivity index (χ3v) is 6.07. The van der Waals surface area contributed by atoms with Crippen LogP contribution in [0.5, 0.6) is 5.75 Å². The first-order valence-electron chi connectivity index (χ1n) is 10.3. The molecule has 4 rings (SSSR count). The van der Waals surface area contributed by atoms with Gasteiger partial charge in [0, 0.05) is 11.8 Å². The molecule has 0 saturated carbocycles. The summed E-state index contributed by atoms with van der Waals surface area (Å²) in [7, 11) is 1.41. The molecule has 10 nitrogen and oxygen atoms in total. The summed E-state index contributed by atoms with van der Waals surface area (Å²) < 4.78 is 10.7. The lowest BCUT2D eigenvalue weighted by molar-refractivity contribution is -0.384. The number of amides is 3. The number of para-hydroxylation sites is 1. The summed E-state index contributed by atoms with van der Waals surface area (Å²) in [6.07, 6.45) is 1.36. The van der Waals surface area contributed by atoms with Gasteiger partial charge in [-0.15, -0.1) is 0 Å². The summed E-state index contributed by atoms with van der Waals surface area (Å²) in [6.45, 7) is 1.40. The Bertz CT molecular complexity index is 1380. The molecule has 35 heavy (non-hydrogen) atoms. The van der Waals surface area contributed by atoms with E-state index < -0.39 is 28.5 Å². The number of methoxy groups -OCH3 is 1. The van der Waals surface area contributed by atoms with Crippen LogP contribution in [0.15, 0.2) is 63.9 Å². The van der Waals surface area contributed by atoms with Crippen molar-refractivity contribution in [3.63, 3.8) is 0 Å². The molecule has 2 aromatic carbocycles. The zero-order valence-electron chi connectivity index (χ0n) is 18.6. The van der Waals surface area contributed by atoms with Crippen LogP contribution in [0.4, 0.5) is 16.2 Å². The predicted octanol–water partition coefficient (Wildman–Crippen LogP) is 4.85. The summed E-state index contributed by atoms with van der Waals surface area (Å²) in [5, 5.41) is 13.6. The lowest BCUT2D eigenvalue weighted by Crippen LogP contribution is -2.36. The van der Waals surface area contributed by atoms with Crippen molar-refractivity contribution in [2.75, 3.05) is 19.0 Å². The Morgan fingerprint density at radius 2 is 1.97 bits per heavy atom. The fourth-order valence-electron chi connectivity index (χ4n) is 3.38. The highest BCUT2D eigenvalue weighted by Crippen LogP contribution is 2.36. The number of hydrogen-bond acceptors (Lipinski definition) is 8. The second kappa shape index (κ2) is 9.85. The smallest absolute Gasteiger partial charge is 0.294 e. The van der Waals surface area contributed by atoms with Gasteiger partial charge in [-0.3, -0.25) is 29.4 Å². The average Bonchev–Trinajstić information content (AvgIpc) is 3.40. The number of nitro groups is 1. The average molecular weight is 493 g/mol. The first-order valence-corrected chi connectivity index (χ1v) is 11.1. The zero-order chi connectivity index (χ0) is 25.1. The number of nitro benzene ring substituents is 1. The highest BCUT2D eigenvalue weighted by atomic mass is 32.2. The van der Waals surface area contributed by atoms with Crippen LogP contribution in [0, 0.1) is 17.0 Å². The summed E-state index contributed by atoms with van der Waals surface area (Å²) in [5.41, 5.74) is 1.47. The minimum atomic E-state index is -0.631. The minimum Gasteiger partial charge on any atom is -0.497 e. The zero-order valence-corrected chi connectivity index (χ0v) is 19.5. The van der Waals surface area contributed by atoms with E-state index in [9.17, 15) is 24.5 Å². The highest BCUT2D eigenvalue weighted by molar-refractivity contribution is 8.18. The molecule has 3 amide bonds. The minimum absolute atomic E-state index is 0.0730. The third kappa shape index (κ3) is 5.09. The van der Waals surface area contributed by atoms with Crippen molar-refractivity contribution in [3.05, 3.63) is 80.9 Å². The van der Waals surface area contributed by atoms with Crippen molar-refractivity contribution in [1.82, 2.24) is 4.90 Å². The van der Waals surface area contributed by atoms with Gasteiger partial charge in [0.2, 0.25) is 5.91 Å². The van der Waals surface area contributed by atoms with Crippen molar-refractivity contribution in [2.45, 2.75) is 6.92 Å². The van der Waals surface area contributed by atoms with Crippen LogP contribution in [0.1, 0.15) is 11.3 Å². The van der Waals surface area contributed by atoms with Gasteiger partial charge in [0.1, 0.15) is 23.8 Å². The van der Waals surface area contributed by atoms with E-state index in [2.05, 4.69) is 5.32 Å². The van der Waals surface area contributed by atoms with Gasteiger partial charge < -0.3 is 14.5 Å². The van der Waals surface area contributed by atoms with Crippen LogP contribution in [0.3, 0.4) is 0 Å². The Kier molecular flexibility index (Phi) is 6.69. The Labute approximate surface area is 203 Å². The predicted molar refractivity (Wildman–Crippen MR) is 130 cm³/mol. The lowest BCUT2D eigenvalue weighted by atomic mass is 10.1. The van der Waals surface area contributed by atoms with Crippen molar-refractivity contribution in [1.29, 1.82) is 0 Å². The standard InChI is InChI=1S/C24H19N3O7S/c1-14-5-3-4-6-18(14)25-22(28)13-26-23(29)21(35-24(26)30)12-16-8-10-20(34-16)17-9-7-15(33-2)11-19(17)27(31)32/h3-12H,13H2,1-2H3,(H,25,28)/b21-12+. The van der Waals surface area contributed by atoms with E-state index in [1.54, 1.807) is 18.2 Å². The highest BCUT2D eigenvalue weighted by Gasteiger charge is 2.36. The van der Waals surface area contributed by atoms with Gasteiger partial charge in [0.15, 0.2) is 0 Å². The number of carbonyl (C=O) groups excluding carboxylic acids is 3. The fourth-order valence-corrected chi connectivity index (χ4v) is 4.20. The number of nitrogens with zero attached hydrogens (tertiary/aromatic N) is 2. The first-order chi connectivity index (χ1) is 16.8. The SMILES string of the molecule is COc1ccc(-c2ccc(/C=C3/SC(=O)N(CC(=O)Nc4ccccc4C)C3=O)o2)c([N+](=O)[O-])c1. The number of imide groups is 1. The second-order valence-electron chi connectivity index (χ2n) is 7.47. The van der Waals surface area contributed by atoms with Crippen LogP contribution in [-0.4, -0.2) is 40.5 Å². The van der Waals surface area contributed by atoms with E-state index >= 15 is 0 Å². The number of furan rings is 1. The van der Waals surface area contributed by atoms with Crippen molar-refractivity contribution in [2.24, 2.45) is 0 Å². The van der Waals surface area contributed by atoms with Crippen LogP contribution in [0.25, 0.3) is 17.4 Å². The topological polar surface area (TPSA) is 132 Å². The molecule has 1 fully saturated rings.